The molecule has 2 radical (unpaired) electrons. The van der Waals surface area contributed by atoms with Crippen LogP contribution in [0.15, 0.2) is 231 Å². The summed E-state index contributed by atoms with van der Waals surface area (Å²) >= 11 is 0. The molecular formula is C54H50N2Nd2O16+2. The molecule has 18 nitrogen and oxygen atoms in total. The number of carbonyl (C=O) groups is 6. The number of aromatic nitrogens is 2. The van der Waals surface area contributed by atoms with E-state index >= 15 is 0 Å². The van der Waals surface area contributed by atoms with Gasteiger partial charge in [-0.2, -0.15) is 9.46 Å². The van der Waals surface area contributed by atoms with Crippen LogP contribution in [0.25, 0.3) is 0 Å². The number of carboxylic acids is 6. The predicted octanol–water partition coefficient (Wildman–Crippen LogP) is -0.286. The van der Waals surface area contributed by atoms with Crippen LogP contribution in [0, 0.1) is 106 Å². The molecule has 20 heteroatoms. The van der Waals surface area contributed by atoms with E-state index in [-0.39, 0.29) is 126 Å². The monoisotopic (exact) mass is 1270 g/mol. The number of hydrogen-bond acceptors (Lipinski definition) is 14. The number of carbonyl (C=O) groups excluding carboxylic acids is 6. The van der Waals surface area contributed by atoms with Crippen LogP contribution < -0.4 is 40.1 Å². The Balaban J connectivity index is -0.000000376. The third-order valence-corrected chi connectivity index (χ3v) is 7.99. The number of benzene rings is 6. The van der Waals surface area contributed by atoms with E-state index in [9.17, 15) is 69.8 Å². The van der Waals surface area contributed by atoms with Crippen LogP contribution in [0.4, 0.5) is 0 Å². The molecule has 74 heavy (non-hydrogen) atoms. The van der Waals surface area contributed by atoms with Crippen molar-refractivity contribution in [1.29, 1.82) is 0 Å². The zero-order valence-corrected chi connectivity index (χ0v) is 46.1. The first-order chi connectivity index (χ1) is 33.4. The molecule has 8 rings (SSSR count). The van der Waals surface area contributed by atoms with Gasteiger partial charge in [-0.05, 0) is 58.4 Å². The first kappa shape index (κ1) is 73.2. The van der Waals surface area contributed by atoms with Crippen LogP contribution in [0.5, 0.6) is 0 Å². The number of nitrogens with zero attached hydrogens (tertiary/aromatic N) is 2. The van der Waals surface area contributed by atoms with Crippen LogP contribution in [-0.2, 0) is 11.0 Å². The number of rotatable bonds is 6. The molecule has 0 unspecified atom stereocenters. The van der Waals surface area contributed by atoms with E-state index in [1.165, 1.54) is 97.6 Å². The van der Waals surface area contributed by atoms with Crippen molar-refractivity contribution >= 4 is 35.8 Å². The Morgan fingerprint density at radius 1 is 0.270 bits per heavy atom. The summed E-state index contributed by atoms with van der Waals surface area (Å²) in [5, 5.41) is 81.2. The van der Waals surface area contributed by atoms with E-state index in [1.807, 2.05) is 13.8 Å². The minimum absolute atomic E-state index is 0. The smallest absolute Gasteiger partial charge is 0.619 e. The number of aromatic carboxylic acids is 6. The molecule has 0 aliphatic rings. The van der Waals surface area contributed by atoms with Crippen molar-refractivity contribution in [2.75, 3.05) is 0 Å². The first-order valence-electron chi connectivity index (χ1n) is 20.3. The van der Waals surface area contributed by atoms with Crippen LogP contribution in [0.1, 0.15) is 73.3 Å². The third-order valence-electron chi connectivity index (χ3n) is 7.99. The molecule has 0 bridgehead atoms. The second-order valence-corrected chi connectivity index (χ2v) is 13.4. The summed E-state index contributed by atoms with van der Waals surface area (Å²) < 4.78 is 1.54. The summed E-state index contributed by atoms with van der Waals surface area (Å²) in [5.41, 5.74) is 3.54. The predicted molar refractivity (Wildman–Crippen MR) is 255 cm³/mol. The van der Waals surface area contributed by atoms with Crippen molar-refractivity contribution in [3.05, 3.63) is 286 Å². The summed E-state index contributed by atoms with van der Waals surface area (Å²) in [5.74, 6) is -6.77. The van der Waals surface area contributed by atoms with Gasteiger partial charge in [0.2, 0.25) is 0 Å². The minimum atomic E-state index is -1.13. The molecule has 0 aliphatic heterocycles. The first-order valence-corrected chi connectivity index (χ1v) is 20.3. The quantitative estimate of drug-likeness (QED) is 0.117. The van der Waals surface area contributed by atoms with Crippen molar-refractivity contribution in [3.8, 4) is 0 Å². The molecule has 0 saturated carbocycles. The van der Waals surface area contributed by atoms with E-state index in [0.29, 0.717) is 0 Å². The molecule has 6 N–H and O–H groups in total. The van der Waals surface area contributed by atoms with Crippen LogP contribution in [0.3, 0.4) is 0 Å². The standard InChI is InChI=1S/6C7H6O2.2C6H7NO.2Nd.2H2O/c6*8-7(9)6-4-2-1-3-5-6;2*1-6-2-4-7(8)5-3-6;;;;/h6*1-5H,(H,8,9);2*2-5H,1H3;;;2*1H2/q;;;;;;;;2*+3;;/p-4. The van der Waals surface area contributed by atoms with E-state index < -0.39 is 35.8 Å². The SMILES string of the molecule is Cc1cc[n+]([O-])cc1.Cc1cc[n+]([O-])cc1.O=C([O-])c1ccccc1.O=C([O-])c1ccccc1.O=C([O-])c1ccccc1.O=C([O-])c1ccccc1.O=C([O-])c1ccccc1.O=C([O-])c1ccccc1.[Nd+3].[Nd+3].[OH3+].[OH3+]. The zero-order valence-electron chi connectivity index (χ0n) is 39.7. The number of aryl methyl sites for hydroxylation is 2. The van der Waals surface area contributed by atoms with Crippen molar-refractivity contribution in [2.45, 2.75) is 13.8 Å². The number of pyridine rings is 2. The van der Waals surface area contributed by atoms with E-state index in [1.54, 1.807) is 133 Å². The summed E-state index contributed by atoms with van der Waals surface area (Å²) in [7, 11) is 0. The van der Waals surface area contributed by atoms with Crippen molar-refractivity contribution in [3.63, 3.8) is 0 Å². The molecule has 0 spiro atoms. The van der Waals surface area contributed by atoms with Gasteiger partial charge >= 0.3 is 81.7 Å². The Labute approximate surface area is 492 Å². The molecule has 2 heterocycles. The van der Waals surface area contributed by atoms with Gasteiger partial charge in [0, 0.05) is 24.3 Å². The van der Waals surface area contributed by atoms with Gasteiger partial charge in [0.1, 0.15) is 0 Å². The Bertz CT molecular complexity index is 2260. The molecule has 0 fully saturated rings. The maximum Gasteiger partial charge on any atom is 3.00 e. The zero-order chi connectivity index (χ0) is 52.1. The molecule has 6 aromatic carbocycles. The molecule has 0 atom stereocenters. The van der Waals surface area contributed by atoms with E-state index in [4.69, 9.17) is 0 Å². The second kappa shape index (κ2) is 44.4. The van der Waals surface area contributed by atoms with Gasteiger partial charge in [0.05, 0.1) is 35.8 Å². The molecule has 0 aliphatic carbocycles. The van der Waals surface area contributed by atoms with Crippen LogP contribution >= 0.6 is 0 Å². The van der Waals surface area contributed by atoms with Gasteiger partial charge < -0.3 is 80.8 Å². The fraction of sp³-hybridized carbons (Fsp3) is 0.0370. The summed E-state index contributed by atoms with van der Waals surface area (Å²) in [6.45, 7) is 3.89. The molecule has 0 amide bonds. The van der Waals surface area contributed by atoms with Crippen molar-refractivity contribution in [2.24, 2.45) is 0 Å². The average Bonchev–Trinajstić information content (AvgIpc) is 3.38. The van der Waals surface area contributed by atoms with E-state index in [0.717, 1.165) is 20.6 Å². The second-order valence-electron chi connectivity index (χ2n) is 13.4. The third kappa shape index (κ3) is 36.6. The molecular weight excluding hydrogens is 1220 g/mol. The largest absolute Gasteiger partial charge is 3.00 e. The average molecular weight is 1270 g/mol. The summed E-state index contributed by atoms with van der Waals surface area (Å²) in [6, 6.07) is 55.5. The molecule has 378 valence electrons. The Morgan fingerprint density at radius 2 is 0.392 bits per heavy atom. The summed E-state index contributed by atoms with van der Waals surface area (Å²) in [4.78, 5) is 60.5. The van der Waals surface area contributed by atoms with Gasteiger partial charge in [0.25, 0.3) is 0 Å². The topological polar surface area (TPSA) is 361 Å². The Morgan fingerprint density at radius 3 is 0.473 bits per heavy atom. The van der Waals surface area contributed by atoms with Crippen molar-refractivity contribution < 1.29 is 161 Å². The fourth-order valence-corrected chi connectivity index (χ4v) is 4.42. The maximum atomic E-state index is 10.3. The molecule has 8 aromatic rings. The van der Waals surface area contributed by atoms with Gasteiger partial charge in [-0.3, -0.25) is 0 Å². The van der Waals surface area contributed by atoms with Gasteiger partial charge in [-0.25, -0.2) is 0 Å². The van der Waals surface area contributed by atoms with Crippen LogP contribution in [0.2, 0.25) is 0 Å². The molecule has 0 saturated heterocycles. The van der Waals surface area contributed by atoms with Gasteiger partial charge in [0.15, 0.2) is 24.8 Å². The number of hydrogen-bond donors (Lipinski definition) is 0. The maximum absolute atomic E-state index is 10.3. The van der Waals surface area contributed by atoms with Crippen molar-refractivity contribution in [1.82, 2.24) is 0 Å². The normalized spacial score (nSPS) is 8.46. The van der Waals surface area contributed by atoms with Gasteiger partial charge in [-0.15, -0.1) is 0 Å². The van der Waals surface area contributed by atoms with Crippen LogP contribution in [-0.4, -0.2) is 35.8 Å². The van der Waals surface area contributed by atoms with E-state index in [2.05, 4.69) is 0 Å². The Kier molecular flexibility index (Phi) is 43.9. The minimum Gasteiger partial charge on any atom is -0.619 e. The summed E-state index contributed by atoms with van der Waals surface area (Å²) in [6.07, 6.45) is 5.93. The van der Waals surface area contributed by atoms with Gasteiger partial charge in [-0.1, -0.05) is 182 Å². The molecule has 2 aromatic heterocycles. The Hall–Kier alpha value is -7.34. The number of carboxylic acid groups (broad SMARTS) is 6. The fourth-order valence-electron chi connectivity index (χ4n) is 4.42.